The van der Waals surface area contributed by atoms with Gasteiger partial charge in [0.05, 0.1) is 6.61 Å². The minimum atomic E-state index is -0.536. The molecular weight excluding hydrogens is 248 g/mol. The Morgan fingerprint density at radius 2 is 2.37 bits per heavy atom. The molecule has 1 saturated heterocycles. The number of carbonyl (C=O) groups is 2. The van der Waals surface area contributed by atoms with Crippen LogP contribution in [0.2, 0.25) is 0 Å². The van der Waals surface area contributed by atoms with Crippen molar-refractivity contribution in [3.05, 3.63) is 12.3 Å². The van der Waals surface area contributed by atoms with Gasteiger partial charge in [0.2, 0.25) is 0 Å². The lowest BCUT2D eigenvalue weighted by Crippen LogP contribution is -2.55. The minimum Gasteiger partial charge on any atom is -0.464 e. The summed E-state index contributed by atoms with van der Waals surface area (Å²) < 4.78 is 4.68. The molecule has 6 nitrogen and oxygen atoms in total. The number of hydroxylamine groups is 3. The van der Waals surface area contributed by atoms with E-state index in [1.165, 1.54) is 0 Å². The average molecular weight is 269 g/mol. The number of hydrogen-bond donors (Lipinski definition) is 1. The number of ether oxygens (including phenoxy) is 1. The first kappa shape index (κ1) is 14.0. The minimum absolute atomic E-state index is 0.163. The van der Waals surface area contributed by atoms with Gasteiger partial charge < -0.3 is 4.74 Å². The van der Waals surface area contributed by atoms with E-state index in [-0.39, 0.29) is 16.6 Å². The van der Waals surface area contributed by atoms with E-state index in [0.717, 1.165) is 19.3 Å². The SMILES string of the molecule is CCCCC[N+]1(C(=O)NC2CCOC2=O)C=CCO1. The van der Waals surface area contributed by atoms with Gasteiger partial charge in [-0.05, 0) is 6.42 Å². The van der Waals surface area contributed by atoms with Crippen LogP contribution >= 0.6 is 0 Å². The van der Waals surface area contributed by atoms with Crippen LogP contribution in [0.3, 0.4) is 0 Å². The Hall–Kier alpha value is -1.40. The third kappa shape index (κ3) is 3.13. The highest BCUT2D eigenvalue weighted by molar-refractivity contribution is 5.82. The maximum absolute atomic E-state index is 12.3. The van der Waals surface area contributed by atoms with Crippen LogP contribution in [-0.2, 0) is 14.4 Å². The van der Waals surface area contributed by atoms with Crippen LogP contribution in [0.25, 0.3) is 0 Å². The smallest absolute Gasteiger partial charge is 0.454 e. The van der Waals surface area contributed by atoms with E-state index in [1.807, 2.05) is 6.08 Å². The number of hydrogen-bond acceptors (Lipinski definition) is 4. The van der Waals surface area contributed by atoms with E-state index in [1.54, 1.807) is 6.20 Å². The third-order valence-electron chi connectivity index (χ3n) is 3.42. The Morgan fingerprint density at radius 1 is 1.53 bits per heavy atom. The predicted octanol–water partition coefficient (Wildman–Crippen LogP) is 1.48. The molecule has 6 heteroatoms. The zero-order valence-electron chi connectivity index (χ0n) is 11.3. The van der Waals surface area contributed by atoms with Gasteiger partial charge in [-0.25, -0.2) is 9.59 Å². The molecule has 2 heterocycles. The molecule has 2 amide bonds. The molecule has 0 saturated carbocycles. The lowest BCUT2D eigenvalue weighted by atomic mass is 10.2. The Kier molecular flexibility index (Phi) is 4.55. The van der Waals surface area contributed by atoms with E-state index in [4.69, 9.17) is 9.57 Å². The molecule has 1 fully saturated rings. The molecule has 2 unspecified atom stereocenters. The number of nitrogens with one attached hydrogen (secondary N) is 1. The number of amides is 2. The molecule has 0 spiro atoms. The molecule has 19 heavy (non-hydrogen) atoms. The van der Waals surface area contributed by atoms with Crippen LogP contribution < -0.4 is 5.32 Å². The fourth-order valence-corrected chi connectivity index (χ4v) is 2.28. The molecule has 0 radical (unpaired) electrons. The molecule has 2 aliphatic rings. The molecular formula is C13H21N2O4+. The Morgan fingerprint density at radius 3 is 2.95 bits per heavy atom. The van der Waals surface area contributed by atoms with Crippen molar-refractivity contribution < 1.29 is 23.8 Å². The predicted molar refractivity (Wildman–Crippen MR) is 67.6 cm³/mol. The maximum Gasteiger partial charge on any atom is 0.454 e. The van der Waals surface area contributed by atoms with Crippen molar-refractivity contribution in [1.82, 2.24) is 5.32 Å². The molecule has 2 atom stereocenters. The fourth-order valence-electron chi connectivity index (χ4n) is 2.28. The summed E-state index contributed by atoms with van der Waals surface area (Å²) in [5.41, 5.74) is 0. The van der Waals surface area contributed by atoms with Crippen molar-refractivity contribution in [2.24, 2.45) is 0 Å². The van der Waals surface area contributed by atoms with Crippen LogP contribution in [0.15, 0.2) is 12.3 Å². The number of urea groups is 1. The van der Waals surface area contributed by atoms with Gasteiger partial charge in [0.15, 0.2) is 0 Å². The molecule has 0 aliphatic carbocycles. The largest absolute Gasteiger partial charge is 0.464 e. The van der Waals surface area contributed by atoms with Crippen LogP contribution in [-0.4, -0.2) is 42.4 Å². The summed E-state index contributed by atoms with van der Waals surface area (Å²) >= 11 is 0. The topological polar surface area (TPSA) is 64.6 Å². The standard InChI is InChI=1S/C13H20N2O4/c1-2-3-4-7-15(8-5-9-19-15)13(17)14-11-6-10-18-12(11)16/h5,8,11H,2-4,6-7,9-10H2,1H3/p+1. The average Bonchev–Trinajstić information content (AvgIpc) is 3.01. The van der Waals surface area contributed by atoms with Gasteiger partial charge in [-0.3, -0.25) is 5.32 Å². The summed E-state index contributed by atoms with van der Waals surface area (Å²) in [6, 6.07) is -0.819. The number of rotatable bonds is 5. The summed E-state index contributed by atoms with van der Waals surface area (Å²) in [4.78, 5) is 29.3. The van der Waals surface area contributed by atoms with E-state index in [0.29, 0.717) is 26.2 Å². The van der Waals surface area contributed by atoms with Gasteiger partial charge in [-0.15, -0.1) is 0 Å². The molecule has 1 N–H and O–H groups in total. The normalized spacial score (nSPS) is 29.5. The number of unbranched alkanes of at least 4 members (excludes halogenated alkanes) is 2. The monoisotopic (exact) mass is 269 g/mol. The molecule has 2 aliphatic heterocycles. The maximum atomic E-state index is 12.3. The van der Waals surface area contributed by atoms with E-state index >= 15 is 0 Å². The highest BCUT2D eigenvalue weighted by atomic mass is 16.7. The lowest BCUT2D eigenvalue weighted by molar-refractivity contribution is -0.993. The van der Waals surface area contributed by atoms with Gasteiger partial charge in [0, 0.05) is 18.9 Å². The van der Waals surface area contributed by atoms with Crippen LogP contribution in [0.1, 0.15) is 32.6 Å². The zero-order chi connectivity index (χ0) is 13.7. The summed E-state index contributed by atoms with van der Waals surface area (Å²) in [6.45, 7) is 3.50. The van der Waals surface area contributed by atoms with Gasteiger partial charge in [-0.2, -0.15) is 4.84 Å². The lowest BCUT2D eigenvalue weighted by Gasteiger charge is -2.26. The Balaban J connectivity index is 1.96. The van der Waals surface area contributed by atoms with Crippen LogP contribution in [0.5, 0.6) is 0 Å². The van der Waals surface area contributed by atoms with Gasteiger partial charge in [-0.1, -0.05) is 18.0 Å². The van der Waals surface area contributed by atoms with Crippen molar-refractivity contribution in [3.8, 4) is 0 Å². The van der Waals surface area contributed by atoms with E-state index in [9.17, 15) is 9.59 Å². The zero-order valence-corrected chi connectivity index (χ0v) is 11.3. The van der Waals surface area contributed by atoms with E-state index < -0.39 is 6.04 Å². The quantitative estimate of drug-likeness (QED) is 0.466. The van der Waals surface area contributed by atoms with Crippen molar-refractivity contribution in [2.45, 2.75) is 38.6 Å². The van der Waals surface area contributed by atoms with Crippen LogP contribution in [0, 0.1) is 0 Å². The Bertz CT molecular complexity index is 383. The highest BCUT2D eigenvalue weighted by Crippen LogP contribution is 2.20. The summed E-state index contributed by atoms with van der Waals surface area (Å²) in [6.07, 6.45) is 7.16. The summed E-state index contributed by atoms with van der Waals surface area (Å²) in [5, 5.41) is 2.72. The molecule has 2 rings (SSSR count). The van der Waals surface area contributed by atoms with Crippen LogP contribution in [0.4, 0.5) is 4.79 Å². The number of cyclic esters (lactones) is 1. The number of quaternary nitrogens is 1. The van der Waals surface area contributed by atoms with Crippen molar-refractivity contribution >= 4 is 12.0 Å². The molecule has 106 valence electrons. The summed E-state index contributed by atoms with van der Waals surface area (Å²) in [7, 11) is 0. The van der Waals surface area contributed by atoms with Crippen molar-refractivity contribution in [3.63, 3.8) is 0 Å². The third-order valence-corrected chi connectivity index (χ3v) is 3.42. The first-order valence-electron chi connectivity index (χ1n) is 6.85. The number of nitrogens with zero attached hydrogens (tertiary/aromatic N) is 1. The second-order valence-corrected chi connectivity index (χ2v) is 4.87. The summed E-state index contributed by atoms with van der Waals surface area (Å²) in [5.74, 6) is -0.358. The van der Waals surface area contributed by atoms with Gasteiger partial charge in [0.1, 0.15) is 25.4 Å². The Labute approximate surface area is 112 Å². The molecule has 0 bridgehead atoms. The first-order valence-corrected chi connectivity index (χ1v) is 6.85. The molecule has 0 aromatic rings. The first-order chi connectivity index (χ1) is 9.18. The molecule has 0 aromatic heterocycles. The van der Waals surface area contributed by atoms with Crippen molar-refractivity contribution in [1.29, 1.82) is 0 Å². The molecule has 0 aromatic carbocycles. The number of carbonyl (C=O) groups excluding carboxylic acids is 2. The van der Waals surface area contributed by atoms with Crippen molar-refractivity contribution in [2.75, 3.05) is 19.8 Å². The van der Waals surface area contributed by atoms with E-state index in [2.05, 4.69) is 12.2 Å². The van der Waals surface area contributed by atoms with Gasteiger partial charge in [0.25, 0.3) is 0 Å². The highest BCUT2D eigenvalue weighted by Gasteiger charge is 2.43. The fraction of sp³-hybridized carbons (Fsp3) is 0.692. The second kappa shape index (κ2) is 6.16. The number of esters is 1. The van der Waals surface area contributed by atoms with Gasteiger partial charge >= 0.3 is 12.0 Å². The second-order valence-electron chi connectivity index (χ2n) is 4.87.